The van der Waals surface area contributed by atoms with E-state index in [4.69, 9.17) is 5.73 Å². The van der Waals surface area contributed by atoms with E-state index in [1.54, 1.807) is 0 Å². The average Bonchev–Trinajstić information content (AvgIpc) is 2.73. The van der Waals surface area contributed by atoms with E-state index in [1.165, 1.54) is 22.2 Å². The number of benzene rings is 2. The Labute approximate surface area is 100 Å². The van der Waals surface area contributed by atoms with E-state index in [-0.39, 0.29) is 0 Å². The summed E-state index contributed by atoms with van der Waals surface area (Å²) in [6.45, 7) is 2.08. The first kappa shape index (κ1) is 9.97. The van der Waals surface area contributed by atoms with Crippen molar-refractivity contribution in [1.29, 1.82) is 0 Å². The number of nitrogens with two attached hydrogens (primary N) is 1. The standard InChI is InChI=1S/C15H14N2/c1-11-10-13(16)6-7-14(11)17-9-8-12-4-2-3-5-15(12)17/h2-10H,16H2,1H3. The summed E-state index contributed by atoms with van der Waals surface area (Å²) in [5, 5.41) is 1.25. The van der Waals surface area contributed by atoms with Gasteiger partial charge in [-0.1, -0.05) is 18.2 Å². The SMILES string of the molecule is Cc1cc(N)ccc1-n1ccc2ccccc21. The predicted molar refractivity (Wildman–Crippen MR) is 72.4 cm³/mol. The summed E-state index contributed by atoms with van der Waals surface area (Å²) in [6.07, 6.45) is 2.10. The van der Waals surface area contributed by atoms with E-state index < -0.39 is 0 Å². The zero-order valence-electron chi connectivity index (χ0n) is 9.72. The molecule has 2 aromatic carbocycles. The molecular formula is C15H14N2. The van der Waals surface area contributed by atoms with Crippen molar-refractivity contribution in [3.8, 4) is 5.69 Å². The van der Waals surface area contributed by atoms with Gasteiger partial charge in [0.15, 0.2) is 0 Å². The second-order valence-corrected chi connectivity index (χ2v) is 4.29. The highest BCUT2D eigenvalue weighted by Gasteiger charge is 2.04. The second kappa shape index (κ2) is 3.67. The Kier molecular flexibility index (Phi) is 2.15. The van der Waals surface area contributed by atoms with Gasteiger partial charge in [-0.3, -0.25) is 0 Å². The smallest absolute Gasteiger partial charge is 0.0528 e. The molecule has 0 atom stereocenters. The van der Waals surface area contributed by atoms with Crippen LogP contribution >= 0.6 is 0 Å². The summed E-state index contributed by atoms with van der Waals surface area (Å²) in [7, 11) is 0. The molecular weight excluding hydrogens is 208 g/mol. The Hall–Kier alpha value is -2.22. The molecule has 0 radical (unpaired) electrons. The summed E-state index contributed by atoms with van der Waals surface area (Å²) in [5.74, 6) is 0. The first-order chi connectivity index (χ1) is 8.25. The maximum Gasteiger partial charge on any atom is 0.0528 e. The molecule has 0 aliphatic carbocycles. The van der Waals surface area contributed by atoms with Crippen LogP contribution in [-0.2, 0) is 0 Å². The number of nitrogens with zero attached hydrogens (tertiary/aromatic N) is 1. The van der Waals surface area contributed by atoms with Crippen LogP contribution in [-0.4, -0.2) is 4.57 Å². The number of nitrogen functional groups attached to an aromatic ring is 1. The first-order valence-corrected chi connectivity index (χ1v) is 5.68. The van der Waals surface area contributed by atoms with Crippen LogP contribution in [0.25, 0.3) is 16.6 Å². The monoisotopic (exact) mass is 222 g/mol. The van der Waals surface area contributed by atoms with Gasteiger partial charge in [-0.2, -0.15) is 0 Å². The summed E-state index contributed by atoms with van der Waals surface area (Å²) < 4.78 is 2.20. The number of para-hydroxylation sites is 1. The van der Waals surface area contributed by atoms with Gasteiger partial charge in [0, 0.05) is 17.6 Å². The van der Waals surface area contributed by atoms with Crippen LogP contribution in [0.15, 0.2) is 54.7 Å². The molecule has 0 bridgehead atoms. The molecule has 3 rings (SSSR count). The van der Waals surface area contributed by atoms with Gasteiger partial charge in [0.1, 0.15) is 0 Å². The molecule has 2 nitrogen and oxygen atoms in total. The van der Waals surface area contributed by atoms with Crippen LogP contribution in [0.1, 0.15) is 5.56 Å². The van der Waals surface area contributed by atoms with Crippen LogP contribution in [0.5, 0.6) is 0 Å². The van der Waals surface area contributed by atoms with Gasteiger partial charge in [-0.05, 0) is 48.2 Å². The van der Waals surface area contributed by atoms with Gasteiger partial charge >= 0.3 is 0 Å². The van der Waals surface area contributed by atoms with Gasteiger partial charge in [-0.15, -0.1) is 0 Å². The molecule has 0 saturated carbocycles. The highest BCUT2D eigenvalue weighted by molar-refractivity contribution is 5.82. The Bertz CT molecular complexity index is 680. The molecule has 17 heavy (non-hydrogen) atoms. The molecule has 0 aliphatic heterocycles. The van der Waals surface area contributed by atoms with E-state index in [0.717, 1.165) is 5.69 Å². The number of fused-ring (bicyclic) bond motifs is 1. The van der Waals surface area contributed by atoms with Crippen molar-refractivity contribution in [1.82, 2.24) is 4.57 Å². The molecule has 1 aromatic heterocycles. The van der Waals surface area contributed by atoms with Gasteiger partial charge in [-0.25, -0.2) is 0 Å². The molecule has 0 unspecified atom stereocenters. The Morgan fingerprint density at radius 2 is 1.82 bits per heavy atom. The molecule has 1 heterocycles. The lowest BCUT2D eigenvalue weighted by Gasteiger charge is -2.09. The summed E-state index contributed by atoms with van der Waals surface area (Å²) >= 11 is 0. The Morgan fingerprint density at radius 3 is 2.65 bits per heavy atom. The molecule has 0 aliphatic rings. The third-order valence-electron chi connectivity index (χ3n) is 3.08. The molecule has 3 aromatic rings. The fourth-order valence-corrected chi connectivity index (χ4v) is 2.24. The third kappa shape index (κ3) is 1.58. The number of rotatable bonds is 1. The molecule has 2 N–H and O–H groups in total. The molecule has 0 fully saturated rings. The number of aryl methyl sites for hydroxylation is 1. The number of aromatic nitrogens is 1. The zero-order valence-corrected chi connectivity index (χ0v) is 9.72. The first-order valence-electron chi connectivity index (χ1n) is 5.68. The lowest BCUT2D eigenvalue weighted by atomic mass is 10.1. The quantitative estimate of drug-likeness (QED) is 0.627. The number of anilines is 1. The van der Waals surface area contributed by atoms with Gasteiger partial charge in [0.25, 0.3) is 0 Å². The maximum absolute atomic E-state index is 5.78. The summed E-state index contributed by atoms with van der Waals surface area (Å²) in [6, 6.07) is 16.5. The van der Waals surface area contributed by atoms with Crippen LogP contribution in [0.3, 0.4) is 0 Å². The Balaban J connectivity index is 2.27. The van der Waals surface area contributed by atoms with E-state index in [2.05, 4.69) is 54.1 Å². The lowest BCUT2D eigenvalue weighted by molar-refractivity contribution is 1.10. The topological polar surface area (TPSA) is 30.9 Å². The van der Waals surface area contributed by atoms with E-state index >= 15 is 0 Å². The minimum Gasteiger partial charge on any atom is -0.399 e. The van der Waals surface area contributed by atoms with Crippen LogP contribution < -0.4 is 5.73 Å². The minimum absolute atomic E-state index is 0.808. The molecule has 0 spiro atoms. The highest BCUT2D eigenvalue weighted by atomic mass is 15.0. The van der Waals surface area contributed by atoms with Crippen molar-refractivity contribution in [3.63, 3.8) is 0 Å². The van der Waals surface area contributed by atoms with Gasteiger partial charge in [0.2, 0.25) is 0 Å². The van der Waals surface area contributed by atoms with Gasteiger partial charge < -0.3 is 10.3 Å². The number of hydrogen-bond acceptors (Lipinski definition) is 1. The van der Waals surface area contributed by atoms with Crippen molar-refractivity contribution in [2.75, 3.05) is 5.73 Å². The molecule has 0 saturated heterocycles. The van der Waals surface area contributed by atoms with Crippen molar-refractivity contribution in [2.24, 2.45) is 0 Å². The average molecular weight is 222 g/mol. The third-order valence-corrected chi connectivity index (χ3v) is 3.08. The van der Waals surface area contributed by atoms with E-state index in [0.29, 0.717) is 0 Å². The van der Waals surface area contributed by atoms with Gasteiger partial charge in [0.05, 0.1) is 5.52 Å². The minimum atomic E-state index is 0.808. The normalized spacial score (nSPS) is 10.9. The van der Waals surface area contributed by atoms with E-state index in [9.17, 15) is 0 Å². The van der Waals surface area contributed by atoms with Crippen molar-refractivity contribution >= 4 is 16.6 Å². The fraction of sp³-hybridized carbons (Fsp3) is 0.0667. The van der Waals surface area contributed by atoms with E-state index in [1.807, 2.05) is 12.1 Å². The van der Waals surface area contributed by atoms with Crippen LogP contribution in [0.2, 0.25) is 0 Å². The molecule has 0 amide bonds. The predicted octanol–water partition coefficient (Wildman–Crippen LogP) is 3.52. The van der Waals surface area contributed by atoms with Crippen molar-refractivity contribution in [3.05, 3.63) is 60.3 Å². The molecule has 84 valence electrons. The number of hydrogen-bond donors (Lipinski definition) is 1. The van der Waals surface area contributed by atoms with Crippen molar-refractivity contribution in [2.45, 2.75) is 6.92 Å². The zero-order chi connectivity index (χ0) is 11.8. The van der Waals surface area contributed by atoms with Crippen LogP contribution in [0, 0.1) is 6.92 Å². The van der Waals surface area contributed by atoms with Crippen LogP contribution in [0.4, 0.5) is 5.69 Å². The summed E-state index contributed by atoms with van der Waals surface area (Å²) in [5.41, 5.74) is 10.2. The summed E-state index contributed by atoms with van der Waals surface area (Å²) in [4.78, 5) is 0. The second-order valence-electron chi connectivity index (χ2n) is 4.29. The fourth-order valence-electron chi connectivity index (χ4n) is 2.24. The highest BCUT2D eigenvalue weighted by Crippen LogP contribution is 2.23. The Morgan fingerprint density at radius 1 is 1.00 bits per heavy atom. The molecule has 2 heteroatoms. The lowest BCUT2D eigenvalue weighted by Crippen LogP contribution is -1.96. The van der Waals surface area contributed by atoms with Crippen molar-refractivity contribution < 1.29 is 0 Å². The largest absolute Gasteiger partial charge is 0.399 e. The maximum atomic E-state index is 5.78.